The fourth-order valence-corrected chi connectivity index (χ4v) is 7.46. The van der Waals surface area contributed by atoms with Crippen LogP contribution in [0, 0.1) is 0 Å². The normalized spacial score (nSPS) is 18.0. The van der Waals surface area contributed by atoms with E-state index in [1.54, 1.807) is 42.5 Å². The van der Waals surface area contributed by atoms with E-state index in [9.17, 15) is 13.8 Å². The lowest BCUT2D eigenvalue weighted by molar-refractivity contribution is -0.136. The van der Waals surface area contributed by atoms with Crippen molar-refractivity contribution < 1.29 is 18.6 Å². The Bertz CT molecular complexity index is 1400. The third-order valence-corrected chi connectivity index (χ3v) is 10.6. The zero-order chi connectivity index (χ0) is 33.2. The van der Waals surface area contributed by atoms with Crippen LogP contribution in [0.25, 0.3) is 0 Å². The van der Waals surface area contributed by atoms with Gasteiger partial charge < -0.3 is 19.5 Å². The van der Waals surface area contributed by atoms with Crippen LogP contribution in [0.4, 0.5) is 0 Å². The van der Waals surface area contributed by atoms with E-state index in [1.807, 2.05) is 12.1 Å². The van der Waals surface area contributed by atoms with Gasteiger partial charge in [0, 0.05) is 83.5 Å². The SMILES string of the molecule is CN(C/C(=N\OCCCS(C)=O)C(CCN1CCC(N2CCCCC2=O)CC1)c1ccc(Cl)c(Cl)c1)C(=O)c1cc(Cl)cc(Cl)c1. The Hall–Kier alpha value is -1.88. The van der Waals surface area contributed by atoms with Gasteiger partial charge in [0.05, 0.1) is 22.3 Å². The molecule has 0 aliphatic carbocycles. The van der Waals surface area contributed by atoms with Crippen molar-refractivity contribution in [3.05, 3.63) is 67.6 Å². The smallest absolute Gasteiger partial charge is 0.254 e. The van der Waals surface area contributed by atoms with E-state index in [0.29, 0.717) is 69.0 Å². The summed E-state index contributed by atoms with van der Waals surface area (Å²) in [5.74, 6) is 0.290. The molecule has 2 aliphatic heterocycles. The summed E-state index contributed by atoms with van der Waals surface area (Å²) in [7, 11) is 0.766. The van der Waals surface area contributed by atoms with Crippen LogP contribution in [0.5, 0.6) is 0 Å². The van der Waals surface area contributed by atoms with Gasteiger partial charge in [0.25, 0.3) is 5.91 Å². The summed E-state index contributed by atoms with van der Waals surface area (Å²) in [6.07, 6.45) is 7.57. The zero-order valence-corrected chi connectivity index (χ0v) is 30.2. The van der Waals surface area contributed by atoms with Crippen molar-refractivity contribution in [1.29, 1.82) is 0 Å². The van der Waals surface area contributed by atoms with Gasteiger partial charge in [-0.05, 0) is 81.0 Å². The summed E-state index contributed by atoms with van der Waals surface area (Å²) < 4.78 is 11.6. The maximum Gasteiger partial charge on any atom is 0.254 e. The van der Waals surface area contributed by atoms with Crippen molar-refractivity contribution in [2.45, 2.75) is 56.9 Å². The van der Waals surface area contributed by atoms with Gasteiger partial charge in [0.15, 0.2) is 0 Å². The second-order valence-electron chi connectivity index (χ2n) is 12.0. The summed E-state index contributed by atoms with van der Waals surface area (Å²) in [6, 6.07) is 10.6. The number of carbonyl (C=O) groups is 2. The largest absolute Gasteiger partial charge is 0.396 e. The molecule has 0 N–H and O–H groups in total. The third-order valence-electron chi connectivity index (χ3n) is 8.54. The number of hydrogen-bond donors (Lipinski definition) is 0. The van der Waals surface area contributed by atoms with E-state index >= 15 is 0 Å². The van der Waals surface area contributed by atoms with Crippen molar-refractivity contribution >= 4 is 74.7 Å². The number of likely N-dealkylation sites (tertiary alicyclic amines) is 2. The van der Waals surface area contributed by atoms with Gasteiger partial charge >= 0.3 is 0 Å². The molecule has 0 aromatic heterocycles. The molecule has 0 bridgehead atoms. The van der Waals surface area contributed by atoms with Crippen LogP contribution < -0.4 is 0 Å². The Balaban J connectivity index is 1.54. The highest BCUT2D eigenvalue weighted by Crippen LogP contribution is 2.31. The number of carbonyl (C=O) groups excluding carboxylic acids is 2. The second-order valence-corrected chi connectivity index (χ2v) is 15.2. The number of nitrogens with zero attached hydrogens (tertiary/aromatic N) is 4. The molecule has 2 fully saturated rings. The second kappa shape index (κ2) is 18.0. The van der Waals surface area contributed by atoms with E-state index in [2.05, 4.69) is 15.0 Å². The van der Waals surface area contributed by atoms with Crippen molar-refractivity contribution in [3.63, 3.8) is 0 Å². The molecule has 2 amide bonds. The summed E-state index contributed by atoms with van der Waals surface area (Å²) in [6.45, 7) is 3.90. The average Bonchev–Trinajstić information content (AvgIpc) is 3.02. The van der Waals surface area contributed by atoms with Gasteiger partial charge in [-0.3, -0.25) is 13.8 Å². The third kappa shape index (κ3) is 10.8. The molecule has 252 valence electrons. The first-order valence-electron chi connectivity index (χ1n) is 15.7. The number of halogens is 4. The highest BCUT2D eigenvalue weighted by molar-refractivity contribution is 7.84. The Morgan fingerprint density at radius 3 is 2.41 bits per heavy atom. The molecular weight excluding hydrogens is 690 g/mol. The van der Waals surface area contributed by atoms with Crippen molar-refractivity contribution in [3.8, 4) is 0 Å². The number of benzene rings is 2. The van der Waals surface area contributed by atoms with Crippen LogP contribution in [0.1, 0.15) is 66.8 Å². The van der Waals surface area contributed by atoms with Gasteiger partial charge in [0.2, 0.25) is 5.91 Å². The molecule has 46 heavy (non-hydrogen) atoms. The van der Waals surface area contributed by atoms with Crippen molar-refractivity contribution in [1.82, 2.24) is 14.7 Å². The Morgan fingerprint density at radius 2 is 1.76 bits per heavy atom. The van der Waals surface area contributed by atoms with E-state index in [0.717, 1.165) is 57.4 Å². The van der Waals surface area contributed by atoms with Crippen molar-refractivity contribution in [2.75, 3.05) is 58.4 Å². The van der Waals surface area contributed by atoms with Crippen LogP contribution >= 0.6 is 46.4 Å². The number of piperidine rings is 2. The summed E-state index contributed by atoms with van der Waals surface area (Å²) >= 11 is 25.2. The molecule has 8 nitrogen and oxygen atoms in total. The lowest BCUT2D eigenvalue weighted by Gasteiger charge is -2.40. The molecule has 13 heteroatoms. The lowest BCUT2D eigenvalue weighted by atomic mass is 9.89. The Kier molecular flexibility index (Phi) is 14.5. The maximum atomic E-state index is 13.5. The number of amides is 2. The van der Waals surface area contributed by atoms with Crippen LogP contribution in [-0.4, -0.2) is 101 Å². The molecule has 2 heterocycles. The fourth-order valence-electron chi connectivity index (χ4n) is 6.10. The topological polar surface area (TPSA) is 82.5 Å². The van der Waals surface area contributed by atoms with Gasteiger partial charge in [-0.1, -0.05) is 57.6 Å². The molecule has 2 atom stereocenters. The first-order chi connectivity index (χ1) is 22.0. The minimum atomic E-state index is -0.934. The standard InChI is InChI=1S/C33H42Cl4N4O4S/c1-39(33(43)24-18-25(34)21-26(35)19-24)22-31(38-45-16-5-17-46(2)44)28(23-7-8-29(36)30(37)20-23)11-15-40-13-9-27(10-14-40)41-12-4-3-6-32(41)42/h7-8,18-21,27-28H,3-6,9-17,22H2,1-2H3/b38-31+. The summed E-state index contributed by atoms with van der Waals surface area (Å²) in [5.41, 5.74) is 1.92. The molecule has 4 rings (SSSR count). The van der Waals surface area contributed by atoms with Crippen LogP contribution in [0.15, 0.2) is 41.6 Å². The molecular formula is C33H42Cl4N4O4S. The van der Waals surface area contributed by atoms with E-state index in [1.165, 1.54) is 0 Å². The summed E-state index contributed by atoms with van der Waals surface area (Å²) in [4.78, 5) is 37.8. The average molecular weight is 733 g/mol. The highest BCUT2D eigenvalue weighted by atomic mass is 35.5. The molecule has 2 saturated heterocycles. The Morgan fingerprint density at radius 1 is 1.04 bits per heavy atom. The van der Waals surface area contributed by atoms with Crippen molar-refractivity contribution in [2.24, 2.45) is 5.16 Å². The first-order valence-corrected chi connectivity index (χ1v) is 18.9. The number of oxime groups is 1. The van der Waals surface area contributed by atoms with Crippen LogP contribution in [0.2, 0.25) is 20.1 Å². The molecule has 2 aromatic rings. The van der Waals surface area contributed by atoms with Gasteiger partial charge in [-0.15, -0.1) is 0 Å². The first kappa shape index (κ1) is 36.9. The predicted molar refractivity (Wildman–Crippen MR) is 189 cm³/mol. The van der Waals surface area contributed by atoms with Crippen LogP contribution in [0.3, 0.4) is 0 Å². The predicted octanol–water partition coefficient (Wildman–Crippen LogP) is 7.16. The molecule has 0 radical (unpaired) electrons. The highest BCUT2D eigenvalue weighted by Gasteiger charge is 2.30. The van der Waals surface area contributed by atoms with Crippen LogP contribution in [-0.2, 0) is 20.4 Å². The zero-order valence-electron chi connectivity index (χ0n) is 26.4. The van der Waals surface area contributed by atoms with E-state index in [-0.39, 0.29) is 24.3 Å². The van der Waals surface area contributed by atoms with Gasteiger partial charge in [-0.2, -0.15) is 0 Å². The number of rotatable bonds is 14. The van der Waals surface area contributed by atoms with Gasteiger partial charge in [0.1, 0.15) is 6.61 Å². The quantitative estimate of drug-likeness (QED) is 0.117. The molecule has 2 unspecified atom stereocenters. The molecule has 2 aromatic carbocycles. The fraction of sp³-hybridized carbons (Fsp3) is 0.545. The molecule has 0 saturated carbocycles. The minimum Gasteiger partial charge on any atom is -0.396 e. The number of hydrogen-bond acceptors (Lipinski definition) is 6. The lowest BCUT2D eigenvalue weighted by Crippen LogP contribution is -2.49. The van der Waals surface area contributed by atoms with Gasteiger partial charge in [-0.25, -0.2) is 0 Å². The molecule has 0 spiro atoms. The monoisotopic (exact) mass is 730 g/mol. The minimum absolute atomic E-state index is 0.173. The molecule has 2 aliphatic rings. The maximum absolute atomic E-state index is 13.5. The van der Waals surface area contributed by atoms with E-state index < -0.39 is 10.8 Å². The Labute approximate surface area is 294 Å². The van der Waals surface area contributed by atoms with E-state index in [4.69, 9.17) is 51.2 Å². The summed E-state index contributed by atoms with van der Waals surface area (Å²) in [5, 5.41) is 6.20.